The summed E-state index contributed by atoms with van der Waals surface area (Å²) in [6, 6.07) is 7.83. The van der Waals surface area contributed by atoms with Gasteiger partial charge in [-0.05, 0) is 23.6 Å². The molecule has 0 bridgehead atoms. The second kappa shape index (κ2) is 3.44. The Morgan fingerprint density at radius 1 is 1.27 bits per heavy atom. The molecule has 3 nitrogen and oxygen atoms in total. The zero-order valence-corrected chi connectivity index (χ0v) is 8.32. The lowest BCUT2D eigenvalue weighted by Crippen LogP contribution is -1.97. The zero-order chi connectivity index (χ0) is 11.0. The summed E-state index contributed by atoms with van der Waals surface area (Å²) in [5.41, 5.74) is -0.00864. The Labute approximate surface area is 90.5 Å². The highest BCUT2D eigenvalue weighted by Crippen LogP contribution is 2.29. The Balaban J connectivity index is 2.83. The Hall–Kier alpha value is -1.74. The second-order valence-electron chi connectivity index (χ2n) is 3.14. The van der Waals surface area contributed by atoms with E-state index in [1.807, 2.05) is 0 Å². The normalized spacial score (nSPS) is 10.5. The number of phenolic OH excluding ortho intramolecular Hbond substituents is 1. The van der Waals surface area contributed by atoms with Crippen LogP contribution in [0.1, 0.15) is 10.4 Å². The van der Waals surface area contributed by atoms with Gasteiger partial charge in [0.1, 0.15) is 5.75 Å². The molecule has 0 spiro atoms. The van der Waals surface area contributed by atoms with Crippen molar-refractivity contribution in [1.29, 1.82) is 0 Å². The van der Waals surface area contributed by atoms with Crippen LogP contribution in [-0.4, -0.2) is 16.2 Å². The van der Waals surface area contributed by atoms with E-state index in [-0.39, 0.29) is 16.3 Å². The highest BCUT2D eigenvalue weighted by atomic mass is 35.5. The van der Waals surface area contributed by atoms with Crippen LogP contribution < -0.4 is 0 Å². The maximum absolute atomic E-state index is 10.8. The second-order valence-corrected chi connectivity index (χ2v) is 3.54. The lowest BCUT2D eigenvalue weighted by atomic mass is 10.1. The number of benzene rings is 2. The molecule has 0 radical (unpaired) electrons. The molecular weight excluding hydrogens is 216 g/mol. The van der Waals surface area contributed by atoms with Crippen molar-refractivity contribution in [3.63, 3.8) is 0 Å². The Bertz CT molecular complexity index is 549. The quantitative estimate of drug-likeness (QED) is 0.780. The number of hydrogen-bond acceptors (Lipinski definition) is 2. The van der Waals surface area contributed by atoms with Crippen molar-refractivity contribution in [1.82, 2.24) is 0 Å². The zero-order valence-electron chi connectivity index (χ0n) is 7.57. The van der Waals surface area contributed by atoms with Crippen LogP contribution in [0.3, 0.4) is 0 Å². The predicted molar refractivity (Wildman–Crippen MR) is 57.6 cm³/mol. The topological polar surface area (TPSA) is 57.5 Å². The fraction of sp³-hybridized carbons (Fsp3) is 0. The van der Waals surface area contributed by atoms with Crippen LogP contribution in [0.25, 0.3) is 10.8 Å². The molecule has 2 aromatic carbocycles. The standard InChI is InChI=1S/C11H7ClO3/c12-9-4-6-2-1-3-10(13)7(6)5-8(9)11(14)15/h1-5,13H,(H,14,15). The molecule has 76 valence electrons. The van der Waals surface area contributed by atoms with Crippen LogP contribution in [0.5, 0.6) is 5.75 Å². The van der Waals surface area contributed by atoms with Gasteiger partial charge in [-0.2, -0.15) is 0 Å². The number of rotatable bonds is 1. The van der Waals surface area contributed by atoms with Gasteiger partial charge >= 0.3 is 5.97 Å². The van der Waals surface area contributed by atoms with Crippen LogP contribution in [-0.2, 0) is 0 Å². The minimum atomic E-state index is -1.11. The molecule has 0 heterocycles. The minimum absolute atomic E-state index is 0.00864. The molecule has 2 rings (SSSR count). The fourth-order valence-electron chi connectivity index (χ4n) is 1.44. The molecule has 0 aliphatic carbocycles. The molecule has 0 fully saturated rings. The molecule has 15 heavy (non-hydrogen) atoms. The number of phenols is 1. The van der Waals surface area contributed by atoms with Gasteiger partial charge in [-0.15, -0.1) is 0 Å². The molecule has 0 saturated heterocycles. The Morgan fingerprint density at radius 2 is 2.00 bits per heavy atom. The molecule has 0 unspecified atom stereocenters. The van der Waals surface area contributed by atoms with Crippen molar-refractivity contribution < 1.29 is 15.0 Å². The van der Waals surface area contributed by atoms with Gasteiger partial charge in [0.15, 0.2) is 0 Å². The van der Waals surface area contributed by atoms with Crippen molar-refractivity contribution in [3.05, 3.63) is 40.9 Å². The van der Waals surface area contributed by atoms with E-state index in [9.17, 15) is 9.90 Å². The molecular formula is C11H7ClO3. The summed E-state index contributed by atoms with van der Waals surface area (Å²) < 4.78 is 0. The summed E-state index contributed by atoms with van der Waals surface area (Å²) >= 11 is 5.79. The predicted octanol–water partition coefficient (Wildman–Crippen LogP) is 2.90. The van der Waals surface area contributed by atoms with E-state index in [1.165, 1.54) is 18.2 Å². The van der Waals surface area contributed by atoms with E-state index in [4.69, 9.17) is 16.7 Å². The summed E-state index contributed by atoms with van der Waals surface area (Å²) in [6.45, 7) is 0. The van der Waals surface area contributed by atoms with Gasteiger partial charge in [-0.25, -0.2) is 4.79 Å². The molecule has 4 heteroatoms. The van der Waals surface area contributed by atoms with E-state index in [0.717, 1.165) is 0 Å². The van der Waals surface area contributed by atoms with Crippen molar-refractivity contribution in [2.75, 3.05) is 0 Å². The van der Waals surface area contributed by atoms with E-state index in [0.29, 0.717) is 10.8 Å². The van der Waals surface area contributed by atoms with Gasteiger partial charge in [0.25, 0.3) is 0 Å². The first-order valence-corrected chi connectivity index (χ1v) is 4.62. The van der Waals surface area contributed by atoms with Crippen LogP contribution in [0.15, 0.2) is 30.3 Å². The number of fused-ring (bicyclic) bond motifs is 1. The van der Waals surface area contributed by atoms with Crippen molar-refractivity contribution in [2.24, 2.45) is 0 Å². The minimum Gasteiger partial charge on any atom is -0.507 e. The number of carboxylic acid groups (broad SMARTS) is 1. The maximum atomic E-state index is 10.8. The third kappa shape index (κ3) is 1.62. The first kappa shape index (κ1) is 9.80. The first-order valence-electron chi connectivity index (χ1n) is 4.24. The van der Waals surface area contributed by atoms with Gasteiger partial charge in [0.05, 0.1) is 10.6 Å². The summed E-state index contributed by atoms with van der Waals surface area (Å²) in [7, 11) is 0. The van der Waals surface area contributed by atoms with Crippen LogP contribution in [0, 0.1) is 0 Å². The SMILES string of the molecule is O=C(O)c1cc2c(O)cccc2cc1Cl. The smallest absolute Gasteiger partial charge is 0.337 e. The van der Waals surface area contributed by atoms with Gasteiger partial charge in [0, 0.05) is 5.39 Å². The Morgan fingerprint density at radius 3 is 2.67 bits per heavy atom. The number of halogens is 1. The fourth-order valence-corrected chi connectivity index (χ4v) is 1.70. The summed E-state index contributed by atoms with van der Waals surface area (Å²) in [5, 5.41) is 19.7. The summed E-state index contributed by atoms with van der Waals surface area (Å²) in [6.07, 6.45) is 0. The average molecular weight is 223 g/mol. The van der Waals surface area contributed by atoms with Crippen LogP contribution in [0.4, 0.5) is 0 Å². The lowest BCUT2D eigenvalue weighted by Gasteiger charge is -2.04. The highest BCUT2D eigenvalue weighted by Gasteiger charge is 2.11. The lowest BCUT2D eigenvalue weighted by molar-refractivity contribution is 0.0697. The van der Waals surface area contributed by atoms with Crippen molar-refractivity contribution in [2.45, 2.75) is 0 Å². The van der Waals surface area contributed by atoms with Crippen LogP contribution >= 0.6 is 11.6 Å². The molecule has 2 aromatic rings. The largest absolute Gasteiger partial charge is 0.507 e. The number of carboxylic acids is 1. The molecule has 2 N–H and O–H groups in total. The van der Waals surface area contributed by atoms with Crippen LogP contribution in [0.2, 0.25) is 5.02 Å². The summed E-state index contributed by atoms with van der Waals surface area (Å²) in [5.74, 6) is -1.06. The van der Waals surface area contributed by atoms with E-state index >= 15 is 0 Å². The maximum Gasteiger partial charge on any atom is 0.337 e. The van der Waals surface area contributed by atoms with E-state index in [2.05, 4.69) is 0 Å². The monoisotopic (exact) mass is 222 g/mol. The molecule has 0 atom stereocenters. The highest BCUT2D eigenvalue weighted by molar-refractivity contribution is 6.34. The molecule has 0 saturated carbocycles. The average Bonchev–Trinajstić information content (AvgIpc) is 2.16. The number of hydrogen-bond donors (Lipinski definition) is 2. The van der Waals surface area contributed by atoms with Gasteiger partial charge in [-0.1, -0.05) is 23.7 Å². The molecule has 0 aromatic heterocycles. The van der Waals surface area contributed by atoms with E-state index < -0.39 is 5.97 Å². The van der Waals surface area contributed by atoms with Gasteiger partial charge in [-0.3, -0.25) is 0 Å². The number of carbonyl (C=O) groups is 1. The molecule has 0 aliphatic heterocycles. The molecule has 0 amide bonds. The van der Waals surface area contributed by atoms with Crippen molar-refractivity contribution >= 4 is 28.3 Å². The van der Waals surface area contributed by atoms with Gasteiger partial charge in [0.2, 0.25) is 0 Å². The number of aromatic carboxylic acids is 1. The van der Waals surface area contributed by atoms with Gasteiger partial charge < -0.3 is 10.2 Å². The first-order chi connectivity index (χ1) is 7.09. The van der Waals surface area contributed by atoms with Crippen molar-refractivity contribution in [3.8, 4) is 5.75 Å². The number of aromatic hydroxyl groups is 1. The Kier molecular flexibility index (Phi) is 2.25. The third-order valence-electron chi connectivity index (χ3n) is 2.18. The summed E-state index contributed by atoms with van der Waals surface area (Å²) in [4.78, 5) is 10.8. The van der Waals surface area contributed by atoms with E-state index in [1.54, 1.807) is 12.1 Å². The molecule has 0 aliphatic rings. The third-order valence-corrected chi connectivity index (χ3v) is 2.49.